The van der Waals surface area contributed by atoms with Crippen LogP contribution in [0.4, 0.5) is 0 Å². The summed E-state index contributed by atoms with van der Waals surface area (Å²) in [5.41, 5.74) is 0. The second-order valence-corrected chi connectivity index (χ2v) is 38.3. The van der Waals surface area contributed by atoms with Crippen LogP contribution in [-0.4, -0.2) is 46.8 Å². The largest absolute Gasteiger partial charge is 0.693 e. The van der Waals surface area contributed by atoms with Gasteiger partial charge in [0.25, 0.3) is 0 Å². The van der Waals surface area contributed by atoms with Crippen molar-refractivity contribution in [3.8, 4) is 0 Å². The Balaban J connectivity index is -0.000000586. The molecule has 0 spiro atoms. The summed E-state index contributed by atoms with van der Waals surface area (Å²) in [7, 11) is 4.13. The molecule has 2 heterocycles. The van der Waals surface area contributed by atoms with Gasteiger partial charge >= 0.3 is 99.8 Å². The molecular formula is C14H28I4N6Pt2. The van der Waals surface area contributed by atoms with Crippen LogP contribution in [0.5, 0.6) is 0 Å². The van der Waals surface area contributed by atoms with Gasteiger partial charge in [0.15, 0.2) is 0 Å². The molecule has 6 nitrogen and oxygen atoms in total. The van der Waals surface area contributed by atoms with Crippen LogP contribution < -0.4 is 0 Å². The van der Waals surface area contributed by atoms with E-state index in [0.717, 1.165) is 13.1 Å². The summed E-state index contributed by atoms with van der Waals surface area (Å²) in [6, 6.07) is 0. The Morgan fingerprint density at radius 1 is 0.654 bits per heavy atom. The molecule has 12 heteroatoms. The van der Waals surface area contributed by atoms with Crippen molar-refractivity contribution in [3.05, 3.63) is 50.4 Å². The Morgan fingerprint density at radius 2 is 0.962 bits per heavy atom. The maximum absolute atomic E-state index is 2.39. The van der Waals surface area contributed by atoms with Crippen LogP contribution in [0.3, 0.4) is 0 Å². The second kappa shape index (κ2) is 24.2. The zero-order chi connectivity index (χ0) is 18.2. The first-order valence-corrected chi connectivity index (χ1v) is 33.0. The summed E-state index contributed by atoms with van der Waals surface area (Å²) in [6.07, 6.45) is 13.6. The Labute approximate surface area is 219 Å². The van der Waals surface area contributed by atoms with Crippen molar-refractivity contribution in [2.45, 2.75) is 25.7 Å². The van der Waals surface area contributed by atoms with Crippen LogP contribution in [0.2, 0.25) is 0 Å². The van der Waals surface area contributed by atoms with E-state index in [9.17, 15) is 0 Å². The van der Waals surface area contributed by atoms with Crippen molar-refractivity contribution in [3.63, 3.8) is 0 Å². The molecule has 26 heavy (non-hydrogen) atoms. The van der Waals surface area contributed by atoms with E-state index < -0.39 is 0 Å². The van der Waals surface area contributed by atoms with Gasteiger partial charge in [-0.05, 0) is 64.8 Å². The summed E-state index contributed by atoms with van der Waals surface area (Å²) >= 11 is 10.6. The molecule has 0 saturated heterocycles. The SMILES string of the molecule is CN1C=CN(CCCCCCN2C=CN(C)[CH-]2)[CH-]1.[I][Pt+2][I].[I][Pt+2][I].[NH2-].[NH2-]. The normalized spacial score (nSPS) is 14.5. The van der Waals surface area contributed by atoms with E-state index >= 15 is 0 Å². The van der Waals surface area contributed by atoms with Gasteiger partial charge in [0.2, 0.25) is 0 Å². The van der Waals surface area contributed by atoms with Crippen molar-refractivity contribution in [1.29, 1.82) is 0 Å². The summed E-state index contributed by atoms with van der Waals surface area (Å²) in [6.45, 7) is 6.55. The molecule has 0 bridgehead atoms. The molecule has 0 aromatic heterocycles. The maximum atomic E-state index is 2.39. The van der Waals surface area contributed by atoms with Crippen LogP contribution in [-0.2, 0) is 22.4 Å². The first kappa shape index (κ1) is 33.5. The predicted molar refractivity (Wildman–Crippen MR) is 141 cm³/mol. The van der Waals surface area contributed by atoms with Gasteiger partial charge in [-0.2, -0.15) is 13.3 Å². The molecular weight excluding hydrogens is 1150 g/mol. The van der Waals surface area contributed by atoms with Crippen LogP contribution in [0.25, 0.3) is 12.3 Å². The number of rotatable bonds is 7. The molecule has 0 unspecified atom stereocenters. The fraction of sp³-hybridized carbons (Fsp3) is 0.571. The van der Waals surface area contributed by atoms with Gasteiger partial charge in [0.1, 0.15) is 0 Å². The number of halogens is 4. The molecule has 162 valence electrons. The molecule has 0 atom stereocenters. The van der Waals surface area contributed by atoms with Crippen molar-refractivity contribution in [2.75, 3.05) is 27.2 Å². The fourth-order valence-corrected chi connectivity index (χ4v) is 2.21. The summed E-state index contributed by atoms with van der Waals surface area (Å²) in [5, 5.41) is 0. The summed E-state index contributed by atoms with van der Waals surface area (Å²) in [5.74, 6) is 0. The zero-order valence-corrected chi connectivity index (χ0v) is 28.0. The second-order valence-electron chi connectivity index (χ2n) is 5.14. The summed E-state index contributed by atoms with van der Waals surface area (Å²) < 4.78 is 0. The number of hydrogen-bond acceptors (Lipinski definition) is 4. The van der Waals surface area contributed by atoms with Crippen molar-refractivity contribution < 1.29 is 22.4 Å². The van der Waals surface area contributed by atoms with Crippen molar-refractivity contribution in [2.24, 2.45) is 0 Å². The average molecular weight is 1180 g/mol. The van der Waals surface area contributed by atoms with Crippen LogP contribution in [0, 0.1) is 13.3 Å². The smallest absolute Gasteiger partial charge is 0.693 e. The topological polar surface area (TPSA) is 80.0 Å². The average Bonchev–Trinajstić information content (AvgIpc) is 3.13. The van der Waals surface area contributed by atoms with E-state index in [2.05, 4.69) is 149 Å². The number of unbranched alkanes of at least 4 members (excludes halogenated alkanes) is 3. The molecule has 0 saturated carbocycles. The Kier molecular flexibility index (Phi) is 31.2. The van der Waals surface area contributed by atoms with Gasteiger partial charge < -0.3 is 31.9 Å². The van der Waals surface area contributed by atoms with E-state index in [1.165, 1.54) is 25.7 Å². The minimum atomic E-state index is 0. The third kappa shape index (κ3) is 20.2. The Hall–Kier alpha value is 2.90. The van der Waals surface area contributed by atoms with E-state index in [1.807, 2.05) is 0 Å². The van der Waals surface area contributed by atoms with E-state index in [0.29, 0.717) is 22.4 Å². The first-order chi connectivity index (χ1) is 11.6. The summed E-state index contributed by atoms with van der Waals surface area (Å²) in [4.78, 5) is 8.69. The van der Waals surface area contributed by atoms with Gasteiger partial charge in [-0.15, -0.1) is 0 Å². The van der Waals surface area contributed by atoms with Gasteiger partial charge in [0, 0.05) is 0 Å². The van der Waals surface area contributed by atoms with Gasteiger partial charge in [-0.25, -0.2) is 0 Å². The molecule has 0 aliphatic carbocycles. The van der Waals surface area contributed by atoms with E-state index in [1.54, 1.807) is 0 Å². The maximum Gasteiger partial charge on any atom is -0.693 e. The van der Waals surface area contributed by atoms with Crippen LogP contribution in [0.1, 0.15) is 25.7 Å². The molecule has 2 aliphatic rings. The minimum absolute atomic E-state index is 0. The fourth-order valence-electron chi connectivity index (χ4n) is 2.21. The molecule has 0 aromatic rings. The molecule has 2 aliphatic heterocycles. The standard InChI is InChI=1S/C14H24N4.4HI.2H2N.2Pt/c1-15-9-11-17(13-15)7-5-3-4-6-8-18-12-10-16(2)14-18;;;;;;;;/h9-14H,3-8H2,1-2H3;4*1H;2*1H2;;/q-2;;;;;2*-1;2*+4/p-4. The number of hydrogen-bond donors (Lipinski definition) is 0. The van der Waals surface area contributed by atoms with Gasteiger partial charge in [-0.1, -0.05) is 12.8 Å². The Morgan fingerprint density at radius 3 is 1.19 bits per heavy atom. The van der Waals surface area contributed by atoms with Crippen LogP contribution in [0.15, 0.2) is 24.8 Å². The first-order valence-electron chi connectivity index (χ1n) is 7.24. The van der Waals surface area contributed by atoms with E-state index in [-0.39, 0.29) is 12.3 Å². The van der Waals surface area contributed by atoms with Gasteiger partial charge in [-0.3, -0.25) is 0 Å². The molecule has 0 aromatic carbocycles. The third-order valence-electron chi connectivity index (χ3n) is 3.23. The zero-order valence-electron chi connectivity index (χ0n) is 14.8. The van der Waals surface area contributed by atoms with E-state index in [4.69, 9.17) is 0 Å². The third-order valence-corrected chi connectivity index (χ3v) is 3.23. The quantitative estimate of drug-likeness (QED) is 0.154. The molecule has 0 radical (unpaired) electrons. The predicted octanol–water partition coefficient (Wildman–Crippen LogP) is 7.19. The van der Waals surface area contributed by atoms with Crippen LogP contribution >= 0.6 is 77.4 Å². The van der Waals surface area contributed by atoms with Gasteiger partial charge in [0.05, 0.1) is 0 Å². The number of nitrogens with two attached hydrogens (primary N) is 2. The monoisotopic (exact) mass is 1180 g/mol. The minimum Gasteiger partial charge on any atom is -0.693 e. The molecule has 0 amide bonds. The molecule has 4 N–H and O–H groups in total. The number of nitrogens with zero attached hydrogens (tertiary/aromatic N) is 4. The Bertz CT molecular complexity index is 323. The van der Waals surface area contributed by atoms with Crippen molar-refractivity contribution in [1.82, 2.24) is 19.6 Å². The molecule has 2 rings (SSSR count). The molecule has 0 fully saturated rings. The van der Waals surface area contributed by atoms with Crippen molar-refractivity contribution >= 4 is 77.4 Å².